The van der Waals surface area contributed by atoms with E-state index >= 15 is 0 Å². The standard InChI is InChI=1S/C20H20BrN3O2/c21-15-5-7-16(8-6-15)22-13-19(25)24-11-9-14(10-12-24)20-23-17-3-1-2-4-18(17)26-20/h1-8,14,22H,9-13H2. The lowest BCUT2D eigenvalue weighted by atomic mass is 9.97. The SMILES string of the molecule is O=C(CNc1ccc(Br)cc1)N1CCC(c2nc3ccccc3o2)CC1. The fourth-order valence-corrected chi connectivity index (χ4v) is 3.56. The molecule has 6 heteroatoms. The Labute approximate surface area is 160 Å². The summed E-state index contributed by atoms with van der Waals surface area (Å²) in [5.74, 6) is 1.21. The Kier molecular flexibility index (Phi) is 4.93. The highest BCUT2D eigenvalue weighted by atomic mass is 79.9. The summed E-state index contributed by atoms with van der Waals surface area (Å²) in [6, 6.07) is 15.7. The predicted octanol–water partition coefficient (Wildman–Crippen LogP) is 4.41. The van der Waals surface area contributed by atoms with Crippen LogP contribution < -0.4 is 5.32 Å². The van der Waals surface area contributed by atoms with Crippen LogP contribution in [0.2, 0.25) is 0 Å². The lowest BCUT2D eigenvalue weighted by Gasteiger charge is -2.30. The fraction of sp³-hybridized carbons (Fsp3) is 0.300. The number of oxazole rings is 1. The minimum Gasteiger partial charge on any atom is -0.440 e. The molecule has 5 nitrogen and oxygen atoms in total. The number of amides is 1. The number of benzene rings is 2. The molecule has 1 amide bonds. The van der Waals surface area contributed by atoms with Gasteiger partial charge in [-0.25, -0.2) is 4.98 Å². The van der Waals surface area contributed by atoms with E-state index in [1.165, 1.54) is 0 Å². The number of nitrogens with one attached hydrogen (secondary N) is 1. The van der Waals surface area contributed by atoms with E-state index in [2.05, 4.69) is 26.2 Å². The molecule has 0 bridgehead atoms. The Morgan fingerprint density at radius 1 is 1.15 bits per heavy atom. The molecule has 2 heterocycles. The summed E-state index contributed by atoms with van der Waals surface area (Å²) in [5.41, 5.74) is 2.68. The first-order valence-corrected chi connectivity index (χ1v) is 9.61. The maximum Gasteiger partial charge on any atom is 0.241 e. The number of rotatable bonds is 4. The number of carbonyl (C=O) groups is 1. The van der Waals surface area contributed by atoms with Crippen molar-refractivity contribution < 1.29 is 9.21 Å². The number of halogens is 1. The number of likely N-dealkylation sites (tertiary alicyclic amines) is 1. The Morgan fingerprint density at radius 3 is 2.62 bits per heavy atom. The molecule has 1 aliphatic rings. The van der Waals surface area contributed by atoms with Crippen LogP contribution >= 0.6 is 15.9 Å². The number of para-hydroxylation sites is 2. The number of anilines is 1. The zero-order valence-electron chi connectivity index (χ0n) is 14.3. The van der Waals surface area contributed by atoms with Gasteiger partial charge in [0.1, 0.15) is 5.52 Å². The van der Waals surface area contributed by atoms with Gasteiger partial charge in [0.05, 0.1) is 6.54 Å². The molecule has 0 unspecified atom stereocenters. The normalized spacial score (nSPS) is 15.3. The molecule has 2 aromatic carbocycles. The number of piperidine rings is 1. The Bertz CT molecular complexity index is 866. The quantitative estimate of drug-likeness (QED) is 0.687. The van der Waals surface area contributed by atoms with Gasteiger partial charge in [-0.1, -0.05) is 28.1 Å². The van der Waals surface area contributed by atoms with E-state index in [4.69, 9.17) is 4.42 Å². The monoisotopic (exact) mass is 413 g/mol. The van der Waals surface area contributed by atoms with Gasteiger partial charge in [0, 0.05) is 29.2 Å². The first-order valence-electron chi connectivity index (χ1n) is 8.82. The van der Waals surface area contributed by atoms with Crippen molar-refractivity contribution in [3.63, 3.8) is 0 Å². The summed E-state index contributed by atoms with van der Waals surface area (Å²) < 4.78 is 6.91. The van der Waals surface area contributed by atoms with Crippen LogP contribution in [0.25, 0.3) is 11.1 Å². The molecule has 3 aromatic rings. The Hall–Kier alpha value is -2.34. The molecule has 0 atom stereocenters. The van der Waals surface area contributed by atoms with Gasteiger partial charge in [0.2, 0.25) is 5.91 Å². The summed E-state index contributed by atoms with van der Waals surface area (Å²) in [7, 11) is 0. The molecular weight excluding hydrogens is 394 g/mol. The van der Waals surface area contributed by atoms with Crippen LogP contribution in [0.1, 0.15) is 24.7 Å². The molecule has 1 aliphatic heterocycles. The van der Waals surface area contributed by atoms with E-state index in [1.54, 1.807) is 0 Å². The van der Waals surface area contributed by atoms with Crippen molar-refractivity contribution in [2.24, 2.45) is 0 Å². The number of fused-ring (bicyclic) bond motifs is 1. The lowest BCUT2D eigenvalue weighted by molar-refractivity contribution is -0.130. The first kappa shape index (κ1) is 17.1. The van der Waals surface area contributed by atoms with Crippen LogP contribution in [-0.4, -0.2) is 35.4 Å². The van der Waals surface area contributed by atoms with Crippen molar-refractivity contribution in [3.8, 4) is 0 Å². The van der Waals surface area contributed by atoms with Crippen molar-refractivity contribution in [2.45, 2.75) is 18.8 Å². The van der Waals surface area contributed by atoms with Crippen LogP contribution in [0, 0.1) is 0 Å². The van der Waals surface area contributed by atoms with Gasteiger partial charge in [0.25, 0.3) is 0 Å². The third-order valence-corrected chi connectivity index (χ3v) is 5.32. The Morgan fingerprint density at radius 2 is 1.88 bits per heavy atom. The van der Waals surface area contributed by atoms with Crippen molar-refractivity contribution in [1.29, 1.82) is 0 Å². The minimum absolute atomic E-state index is 0.129. The molecule has 1 N–H and O–H groups in total. The van der Waals surface area contributed by atoms with Crippen molar-refractivity contribution >= 4 is 38.6 Å². The Balaban J connectivity index is 1.31. The van der Waals surface area contributed by atoms with E-state index in [-0.39, 0.29) is 11.8 Å². The van der Waals surface area contributed by atoms with Gasteiger partial charge in [-0.3, -0.25) is 4.79 Å². The predicted molar refractivity (Wildman–Crippen MR) is 105 cm³/mol. The molecule has 1 fully saturated rings. The van der Waals surface area contributed by atoms with Gasteiger partial charge in [-0.15, -0.1) is 0 Å². The first-order chi connectivity index (χ1) is 12.7. The maximum atomic E-state index is 12.4. The second-order valence-corrected chi connectivity index (χ2v) is 7.45. The average molecular weight is 414 g/mol. The molecule has 26 heavy (non-hydrogen) atoms. The van der Waals surface area contributed by atoms with Gasteiger partial charge in [-0.2, -0.15) is 0 Å². The topological polar surface area (TPSA) is 58.4 Å². The molecule has 1 aromatic heterocycles. The van der Waals surface area contributed by atoms with E-state index < -0.39 is 0 Å². The van der Waals surface area contributed by atoms with Gasteiger partial charge in [-0.05, 0) is 49.2 Å². The fourth-order valence-electron chi connectivity index (χ4n) is 3.30. The zero-order chi connectivity index (χ0) is 17.9. The zero-order valence-corrected chi connectivity index (χ0v) is 15.9. The molecule has 0 saturated carbocycles. The number of hydrogen-bond acceptors (Lipinski definition) is 4. The highest BCUT2D eigenvalue weighted by Gasteiger charge is 2.26. The van der Waals surface area contributed by atoms with E-state index in [9.17, 15) is 4.79 Å². The average Bonchev–Trinajstić information content (AvgIpc) is 3.12. The van der Waals surface area contributed by atoms with Crippen molar-refractivity contribution in [1.82, 2.24) is 9.88 Å². The van der Waals surface area contributed by atoms with Gasteiger partial charge < -0.3 is 14.6 Å². The van der Waals surface area contributed by atoms with Crippen LogP contribution in [0.15, 0.2) is 57.4 Å². The molecule has 134 valence electrons. The smallest absolute Gasteiger partial charge is 0.241 e. The molecule has 1 saturated heterocycles. The number of nitrogens with zero attached hydrogens (tertiary/aromatic N) is 2. The van der Waals surface area contributed by atoms with E-state index in [0.717, 1.165) is 53.1 Å². The van der Waals surface area contributed by atoms with Crippen LogP contribution in [0.4, 0.5) is 5.69 Å². The van der Waals surface area contributed by atoms with E-state index in [0.29, 0.717) is 6.54 Å². The highest BCUT2D eigenvalue weighted by molar-refractivity contribution is 9.10. The summed E-state index contributed by atoms with van der Waals surface area (Å²) >= 11 is 3.41. The molecule has 0 spiro atoms. The molecule has 0 aliphatic carbocycles. The van der Waals surface area contributed by atoms with Crippen molar-refractivity contribution in [3.05, 3.63) is 58.9 Å². The second kappa shape index (κ2) is 7.50. The van der Waals surface area contributed by atoms with Crippen LogP contribution in [0.5, 0.6) is 0 Å². The third-order valence-electron chi connectivity index (χ3n) is 4.80. The molecular formula is C20H20BrN3O2. The summed E-state index contributed by atoms with van der Waals surface area (Å²) in [6.07, 6.45) is 1.77. The third kappa shape index (κ3) is 3.75. The molecule has 4 rings (SSSR count). The number of hydrogen-bond donors (Lipinski definition) is 1. The summed E-state index contributed by atoms with van der Waals surface area (Å²) in [4.78, 5) is 19.0. The second-order valence-electron chi connectivity index (χ2n) is 6.54. The van der Waals surface area contributed by atoms with Crippen LogP contribution in [0.3, 0.4) is 0 Å². The highest BCUT2D eigenvalue weighted by Crippen LogP contribution is 2.29. The number of carbonyl (C=O) groups excluding carboxylic acids is 1. The summed E-state index contributed by atoms with van der Waals surface area (Å²) in [6.45, 7) is 1.80. The summed E-state index contributed by atoms with van der Waals surface area (Å²) in [5, 5.41) is 3.19. The van der Waals surface area contributed by atoms with Gasteiger partial charge in [0.15, 0.2) is 11.5 Å². The van der Waals surface area contributed by atoms with Gasteiger partial charge >= 0.3 is 0 Å². The molecule has 0 radical (unpaired) electrons. The van der Waals surface area contributed by atoms with Crippen molar-refractivity contribution in [2.75, 3.05) is 25.0 Å². The minimum atomic E-state index is 0.129. The lowest BCUT2D eigenvalue weighted by Crippen LogP contribution is -2.40. The largest absolute Gasteiger partial charge is 0.440 e. The van der Waals surface area contributed by atoms with E-state index in [1.807, 2.05) is 53.4 Å². The number of aromatic nitrogens is 1. The maximum absolute atomic E-state index is 12.4. The van der Waals surface area contributed by atoms with Crippen LogP contribution in [-0.2, 0) is 4.79 Å².